The summed E-state index contributed by atoms with van der Waals surface area (Å²) >= 11 is 0. The Hall–Kier alpha value is -2.54. The molecule has 0 spiro atoms. The normalized spacial score (nSPS) is 16.2. The highest BCUT2D eigenvalue weighted by atomic mass is 79.9. The van der Waals surface area contributed by atoms with Crippen molar-refractivity contribution in [3.63, 3.8) is 0 Å². The number of guanidine groups is 1. The SMILES string of the molecule is Br.O=C(CN1C2=NCCN2c2ccccc21)c1ccc2c(c1)OCO2. The van der Waals surface area contributed by atoms with Gasteiger partial charge in [-0.05, 0) is 30.3 Å². The van der Waals surface area contributed by atoms with Crippen molar-refractivity contribution in [1.29, 1.82) is 0 Å². The van der Waals surface area contributed by atoms with Gasteiger partial charge >= 0.3 is 0 Å². The molecule has 0 N–H and O–H groups in total. The smallest absolute Gasteiger partial charge is 0.231 e. The lowest BCUT2D eigenvalue weighted by atomic mass is 10.1. The first-order chi connectivity index (χ1) is 11.8. The number of hydrogen-bond donors (Lipinski definition) is 0. The fraction of sp³-hybridized carbons (Fsp3) is 0.222. The predicted molar refractivity (Wildman–Crippen MR) is 101 cm³/mol. The van der Waals surface area contributed by atoms with Crippen LogP contribution in [-0.4, -0.2) is 38.2 Å². The standard InChI is InChI=1S/C18H15N3O3.BrH/c22-15(12-5-6-16-17(9-12)24-11-23-16)10-21-14-4-2-1-3-13(14)20-8-7-19-18(20)21;/h1-6,9H,7-8,10-11H2;1H. The van der Waals surface area contributed by atoms with Gasteiger partial charge in [0.25, 0.3) is 0 Å². The Kier molecular flexibility index (Phi) is 3.88. The number of benzene rings is 2. The van der Waals surface area contributed by atoms with Gasteiger partial charge in [0.15, 0.2) is 17.3 Å². The Balaban J connectivity index is 0.00000157. The highest BCUT2D eigenvalue weighted by Gasteiger charge is 2.36. The molecule has 5 rings (SSSR count). The minimum Gasteiger partial charge on any atom is -0.454 e. The average molecular weight is 402 g/mol. The summed E-state index contributed by atoms with van der Waals surface area (Å²) in [7, 11) is 0. The molecule has 128 valence electrons. The molecule has 0 bridgehead atoms. The van der Waals surface area contributed by atoms with Gasteiger partial charge in [-0.1, -0.05) is 12.1 Å². The molecule has 3 aliphatic rings. The van der Waals surface area contributed by atoms with Gasteiger partial charge in [0, 0.05) is 12.1 Å². The van der Waals surface area contributed by atoms with E-state index in [9.17, 15) is 4.79 Å². The van der Waals surface area contributed by atoms with E-state index in [1.807, 2.05) is 23.1 Å². The lowest BCUT2D eigenvalue weighted by Gasteiger charge is -2.18. The fourth-order valence-electron chi connectivity index (χ4n) is 3.38. The van der Waals surface area contributed by atoms with Crippen molar-refractivity contribution in [2.75, 3.05) is 36.2 Å². The van der Waals surface area contributed by atoms with Crippen LogP contribution in [0.5, 0.6) is 11.5 Å². The zero-order valence-electron chi connectivity index (χ0n) is 13.3. The van der Waals surface area contributed by atoms with Crippen LogP contribution in [0.4, 0.5) is 11.4 Å². The lowest BCUT2D eigenvalue weighted by molar-refractivity contribution is 0.100. The van der Waals surface area contributed by atoms with Gasteiger partial charge in [-0.3, -0.25) is 9.79 Å². The van der Waals surface area contributed by atoms with Crippen molar-refractivity contribution in [3.8, 4) is 11.5 Å². The number of nitrogens with zero attached hydrogens (tertiary/aromatic N) is 3. The number of ketones is 1. The first-order valence-electron chi connectivity index (χ1n) is 7.93. The molecule has 7 heteroatoms. The third-order valence-electron chi connectivity index (χ3n) is 4.52. The third-order valence-corrected chi connectivity index (χ3v) is 4.52. The van der Waals surface area contributed by atoms with Gasteiger partial charge in [-0.15, -0.1) is 17.0 Å². The van der Waals surface area contributed by atoms with Crippen molar-refractivity contribution in [2.24, 2.45) is 4.99 Å². The van der Waals surface area contributed by atoms with E-state index >= 15 is 0 Å². The largest absolute Gasteiger partial charge is 0.454 e. The Morgan fingerprint density at radius 3 is 2.76 bits per heavy atom. The van der Waals surface area contributed by atoms with E-state index in [0.717, 1.165) is 30.4 Å². The predicted octanol–water partition coefficient (Wildman–Crippen LogP) is 2.87. The number of carbonyl (C=O) groups excluding carboxylic acids is 1. The number of halogens is 1. The zero-order chi connectivity index (χ0) is 16.1. The zero-order valence-corrected chi connectivity index (χ0v) is 15.1. The van der Waals surface area contributed by atoms with Crippen LogP contribution in [0, 0.1) is 0 Å². The first-order valence-corrected chi connectivity index (χ1v) is 7.93. The van der Waals surface area contributed by atoms with Crippen LogP contribution in [-0.2, 0) is 0 Å². The van der Waals surface area contributed by atoms with Crippen LogP contribution >= 0.6 is 17.0 Å². The first kappa shape index (κ1) is 16.0. The van der Waals surface area contributed by atoms with E-state index in [4.69, 9.17) is 9.47 Å². The number of ether oxygens (including phenoxy) is 2. The summed E-state index contributed by atoms with van der Waals surface area (Å²) in [5.41, 5.74) is 2.77. The second kappa shape index (κ2) is 6.07. The van der Waals surface area contributed by atoms with Crippen LogP contribution in [0.25, 0.3) is 0 Å². The Morgan fingerprint density at radius 2 is 1.88 bits per heavy atom. The number of anilines is 2. The molecule has 0 fully saturated rings. The molecule has 0 aliphatic carbocycles. The Labute approximate surface area is 155 Å². The number of rotatable bonds is 3. The Bertz CT molecular complexity index is 884. The number of aliphatic imine (C=N–C) groups is 1. The maximum Gasteiger partial charge on any atom is 0.231 e. The maximum absolute atomic E-state index is 12.8. The third kappa shape index (κ3) is 2.46. The number of carbonyl (C=O) groups is 1. The molecule has 3 aliphatic heterocycles. The van der Waals surface area contributed by atoms with E-state index in [1.54, 1.807) is 18.2 Å². The van der Waals surface area contributed by atoms with Crippen LogP contribution in [0.1, 0.15) is 10.4 Å². The lowest BCUT2D eigenvalue weighted by Crippen LogP contribution is -2.38. The molecule has 25 heavy (non-hydrogen) atoms. The van der Waals surface area contributed by atoms with Crippen LogP contribution in [0.15, 0.2) is 47.5 Å². The molecule has 0 radical (unpaired) electrons. The molecule has 0 atom stereocenters. The number of Topliss-reactive ketones (excluding diaryl/α,β-unsaturated/α-hetero) is 1. The second-order valence-electron chi connectivity index (χ2n) is 5.90. The molecule has 0 amide bonds. The van der Waals surface area contributed by atoms with E-state index in [2.05, 4.69) is 16.0 Å². The number of fused-ring (bicyclic) bond motifs is 4. The summed E-state index contributed by atoms with van der Waals surface area (Å²) in [4.78, 5) is 21.5. The van der Waals surface area contributed by atoms with E-state index in [1.165, 1.54) is 0 Å². The topological polar surface area (TPSA) is 54.4 Å². The number of hydrogen-bond acceptors (Lipinski definition) is 6. The number of para-hydroxylation sites is 2. The highest BCUT2D eigenvalue weighted by Crippen LogP contribution is 2.39. The van der Waals surface area contributed by atoms with Gasteiger partial charge in [0.05, 0.1) is 24.5 Å². The molecule has 0 unspecified atom stereocenters. The van der Waals surface area contributed by atoms with Gasteiger partial charge in [0.1, 0.15) is 0 Å². The summed E-state index contributed by atoms with van der Waals surface area (Å²) < 4.78 is 10.7. The summed E-state index contributed by atoms with van der Waals surface area (Å²) in [6.45, 7) is 2.09. The maximum atomic E-state index is 12.8. The van der Waals surface area contributed by atoms with Crippen molar-refractivity contribution < 1.29 is 14.3 Å². The summed E-state index contributed by atoms with van der Waals surface area (Å²) in [6.07, 6.45) is 0. The minimum atomic E-state index is 0. The van der Waals surface area contributed by atoms with E-state index in [0.29, 0.717) is 17.1 Å². The molecular formula is C18H16BrN3O3. The van der Waals surface area contributed by atoms with Crippen molar-refractivity contribution in [3.05, 3.63) is 48.0 Å². The van der Waals surface area contributed by atoms with E-state index < -0.39 is 0 Å². The van der Waals surface area contributed by atoms with Crippen molar-refractivity contribution >= 4 is 40.1 Å². The molecule has 2 aromatic rings. The van der Waals surface area contributed by atoms with Gasteiger partial charge < -0.3 is 19.3 Å². The summed E-state index contributed by atoms with van der Waals surface area (Å²) in [6, 6.07) is 13.4. The summed E-state index contributed by atoms with van der Waals surface area (Å²) in [5.74, 6) is 2.21. The quantitative estimate of drug-likeness (QED) is 0.740. The van der Waals surface area contributed by atoms with Crippen molar-refractivity contribution in [2.45, 2.75) is 0 Å². The second-order valence-corrected chi connectivity index (χ2v) is 5.90. The molecule has 2 aromatic carbocycles. The molecule has 0 saturated heterocycles. The van der Waals surface area contributed by atoms with Crippen LogP contribution in [0.2, 0.25) is 0 Å². The average Bonchev–Trinajstić information content (AvgIpc) is 3.31. The monoisotopic (exact) mass is 401 g/mol. The van der Waals surface area contributed by atoms with Crippen LogP contribution < -0.4 is 19.3 Å². The van der Waals surface area contributed by atoms with Gasteiger partial charge in [0.2, 0.25) is 12.8 Å². The molecule has 3 heterocycles. The van der Waals surface area contributed by atoms with Gasteiger partial charge in [-0.2, -0.15) is 0 Å². The fourth-order valence-corrected chi connectivity index (χ4v) is 3.38. The minimum absolute atomic E-state index is 0. The van der Waals surface area contributed by atoms with E-state index in [-0.39, 0.29) is 36.1 Å². The molecule has 0 aromatic heterocycles. The molecular weight excluding hydrogens is 386 g/mol. The summed E-state index contributed by atoms with van der Waals surface area (Å²) in [5, 5.41) is 0. The highest BCUT2D eigenvalue weighted by molar-refractivity contribution is 8.93. The van der Waals surface area contributed by atoms with Crippen molar-refractivity contribution in [1.82, 2.24) is 0 Å². The molecule has 0 saturated carbocycles. The Morgan fingerprint density at radius 1 is 1.08 bits per heavy atom. The molecule has 6 nitrogen and oxygen atoms in total. The van der Waals surface area contributed by atoms with Crippen LogP contribution in [0.3, 0.4) is 0 Å². The van der Waals surface area contributed by atoms with Gasteiger partial charge in [-0.25, -0.2) is 0 Å².